The number of hydrogen-bond acceptors (Lipinski definition) is 3. The molecule has 2 amide bonds. The molecule has 1 aromatic carbocycles. The Balaban J connectivity index is 1.93. The lowest BCUT2D eigenvalue weighted by Crippen LogP contribution is -2.43. The van der Waals surface area contributed by atoms with Gasteiger partial charge < -0.3 is 15.0 Å². The van der Waals surface area contributed by atoms with Crippen molar-refractivity contribution in [3.63, 3.8) is 0 Å². The first kappa shape index (κ1) is 19.3. The predicted molar refractivity (Wildman–Crippen MR) is 99.7 cm³/mol. The molecule has 1 saturated heterocycles. The average molecular weight is 346 g/mol. The molecule has 138 valence electrons. The SMILES string of the molecule is CCC(CC)C(=O)N1CCC(C(=O)Nc2cc(C)ccc2OC)CC1. The van der Waals surface area contributed by atoms with Crippen molar-refractivity contribution < 1.29 is 14.3 Å². The van der Waals surface area contributed by atoms with Gasteiger partial charge in [-0.1, -0.05) is 19.9 Å². The summed E-state index contributed by atoms with van der Waals surface area (Å²) in [6.45, 7) is 7.43. The Morgan fingerprint density at radius 3 is 2.44 bits per heavy atom. The third-order valence-electron chi connectivity index (χ3n) is 5.13. The van der Waals surface area contributed by atoms with Gasteiger partial charge in [0.15, 0.2) is 0 Å². The van der Waals surface area contributed by atoms with E-state index in [1.807, 2.05) is 30.0 Å². The highest BCUT2D eigenvalue weighted by molar-refractivity contribution is 5.94. The van der Waals surface area contributed by atoms with Crippen LogP contribution in [0, 0.1) is 18.8 Å². The van der Waals surface area contributed by atoms with Crippen LogP contribution in [0.25, 0.3) is 0 Å². The van der Waals surface area contributed by atoms with Crippen LogP contribution in [0.4, 0.5) is 5.69 Å². The summed E-state index contributed by atoms with van der Waals surface area (Å²) in [5.74, 6) is 0.973. The number of anilines is 1. The smallest absolute Gasteiger partial charge is 0.227 e. The van der Waals surface area contributed by atoms with Crippen molar-refractivity contribution in [1.82, 2.24) is 4.90 Å². The van der Waals surface area contributed by atoms with E-state index in [9.17, 15) is 9.59 Å². The fraction of sp³-hybridized carbons (Fsp3) is 0.600. The monoisotopic (exact) mass is 346 g/mol. The summed E-state index contributed by atoms with van der Waals surface area (Å²) in [5, 5.41) is 2.99. The predicted octanol–water partition coefficient (Wildman–Crippen LogP) is 3.62. The quantitative estimate of drug-likeness (QED) is 0.856. The van der Waals surface area contributed by atoms with E-state index in [0.29, 0.717) is 37.4 Å². The first-order valence-electron chi connectivity index (χ1n) is 9.24. The zero-order valence-corrected chi connectivity index (χ0v) is 15.8. The standard InChI is InChI=1S/C20H30N2O3/c1-5-15(6-2)20(24)22-11-9-16(10-12-22)19(23)21-17-13-14(3)7-8-18(17)25-4/h7-8,13,15-16H,5-6,9-12H2,1-4H3,(H,21,23). The molecule has 0 saturated carbocycles. The zero-order valence-electron chi connectivity index (χ0n) is 15.8. The van der Waals surface area contributed by atoms with Crippen molar-refractivity contribution in [2.75, 3.05) is 25.5 Å². The largest absolute Gasteiger partial charge is 0.495 e. The molecule has 0 radical (unpaired) electrons. The fourth-order valence-corrected chi connectivity index (χ4v) is 3.41. The fourth-order valence-electron chi connectivity index (χ4n) is 3.41. The maximum atomic E-state index is 12.6. The van der Waals surface area contributed by atoms with E-state index in [2.05, 4.69) is 19.2 Å². The van der Waals surface area contributed by atoms with E-state index in [-0.39, 0.29) is 23.7 Å². The highest BCUT2D eigenvalue weighted by atomic mass is 16.5. The number of amides is 2. The van der Waals surface area contributed by atoms with Crippen LogP contribution in [0.5, 0.6) is 5.75 Å². The minimum Gasteiger partial charge on any atom is -0.495 e. The van der Waals surface area contributed by atoms with E-state index < -0.39 is 0 Å². The molecule has 0 aromatic heterocycles. The Bertz CT molecular complexity index is 603. The Morgan fingerprint density at radius 2 is 1.88 bits per heavy atom. The summed E-state index contributed by atoms with van der Waals surface area (Å²) in [4.78, 5) is 27.0. The van der Waals surface area contributed by atoms with Crippen molar-refractivity contribution in [3.8, 4) is 5.75 Å². The topological polar surface area (TPSA) is 58.6 Å². The normalized spacial score (nSPS) is 15.3. The van der Waals surface area contributed by atoms with Crippen molar-refractivity contribution in [3.05, 3.63) is 23.8 Å². The maximum absolute atomic E-state index is 12.6. The van der Waals surface area contributed by atoms with E-state index in [1.165, 1.54) is 0 Å². The van der Waals surface area contributed by atoms with Crippen LogP contribution in [-0.4, -0.2) is 36.9 Å². The molecule has 1 heterocycles. The lowest BCUT2D eigenvalue weighted by molar-refractivity contribution is -0.138. The van der Waals surface area contributed by atoms with Gasteiger partial charge >= 0.3 is 0 Å². The highest BCUT2D eigenvalue weighted by Gasteiger charge is 2.29. The van der Waals surface area contributed by atoms with E-state index in [4.69, 9.17) is 4.74 Å². The van der Waals surface area contributed by atoms with Crippen LogP contribution >= 0.6 is 0 Å². The third kappa shape index (κ3) is 4.74. The number of carbonyl (C=O) groups excluding carboxylic acids is 2. The van der Waals surface area contributed by atoms with Gasteiger partial charge in [-0.25, -0.2) is 0 Å². The molecule has 1 aliphatic heterocycles. The van der Waals surface area contributed by atoms with E-state index in [0.717, 1.165) is 18.4 Å². The molecule has 2 rings (SSSR count). The number of piperidine rings is 1. The molecule has 1 aliphatic rings. The van der Waals surface area contributed by atoms with Crippen molar-refractivity contribution in [1.29, 1.82) is 0 Å². The zero-order chi connectivity index (χ0) is 18.4. The Hall–Kier alpha value is -2.04. The molecule has 5 nitrogen and oxygen atoms in total. The van der Waals surface area contributed by atoms with Gasteiger partial charge in [0, 0.05) is 24.9 Å². The summed E-state index contributed by atoms with van der Waals surface area (Å²) in [6, 6.07) is 5.74. The van der Waals surface area contributed by atoms with Crippen LogP contribution in [-0.2, 0) is 9.59 Å². The summed E-state index contributed by atoms with van der Waals surface area (Å²) in [7, 11) is 1.60. The molecule has 0 spiro atoms. The van der Waals surface area contributed by atoms with E-state index >= 15 is 0 Å². The molecule has 0 atom stereocenters. The first-order chi connectivity index (χ1) is 12.0. The Morgan fingerprint density at radius 1 is 1.24 bits per heavy atom. The van der Waals surface area contributed by atoms with Crippen LogP contribution in [0.1, 0.15) is 45.1 Å². The molecule has 1 N–H and O–H groups in total. The molecule has 0 aliphatic carbocycles. The third-order valence-corrected chi connectivity index (χ3v) is 5.13. The summed E-state index contributed by atoms with van der Waals surface area (Å²) >= 11 is 0. The second-order valence-electron chi connectivity index (χ2n) is 6.81. The number of ether oxygens (including phenoxy) is 1. The number of likely N-dealkylation sites (tertiary alicyclic amines) is 1. The number of carbonyl (C=O) groups is 2. The molecular weight excluding hydrogens is 316 g/mol. The minimum absolute atomic E-state index is 0.0125. The lowest BCUT2D eigenvalue weighted by atomic mass is 9.93. The second-order valence-corrected chi connectivity index (χ2v) is 6.81. The molecule has 5 heteroatoms. The van der Waals surface area contributed by atoms with Crippen LogP contribution < -0.4 is 10.1 Å². The van der Waals surface area contributed by atoms with Crippen molar-refractivity contribution >= 4 is 17.5 Å². The molecule has 1 aromatic rings. The van der Waals surface area contributed by atoms with Gasteiger partial charge in [0.05, 0.1) is 12.8 Å². The van der Waals surface area contributed by atoms with Crippen molar-refractivity contribution in [2.24, 2.45) is 11.8 Å². The average Bonchev–Trinajstić information content (AvgIpc) is 2.63. The number of nitrogens with one attached hydrogen (secondary N) is 1. The highest BCUT2D eigenvalue weighted by Crippen LogP contribution is 2.27. The maximum Gasteiger partial charge on any atom is 0.227 e. The number of aryl methyl sites for hydroxylation is 1. The number of benzene rings is 1. The number of rotatable bonds is 6. The molecule has 0 unspecified atom stereocenters. The number of nitrogens with zero attached hydrogens (tertiary/aromatic N) is 1. The second kappa shape index (κ2) is 8.88. The van der Waals surface area contributed by atoms with Crippen LogP contribution in [0.15, 0.2) is 18.2 Å². The molecular formula is C20H30N2O3. The first-order valence-corrected chi connectivity index (χ1v) is 9.24. The number of hydrogen-bond donors (Lipinski definition) is 1. The Labute approximate surface area is 150 Å². The van der Waals surface area contributed by atoms with Gasteiger partial charge in [-0.3, -0.25) is 9.59 Å². The minimum atomic E-state index is -0.0593. The summed E-state index contributed by atoms with van der Waals surface area (Å²) in [6.07, 6.45) is 3.18. The van der Waals surface area contributed by atoms with Crippen LogP contribution in [0.2, 0.25) is 0 Å². The van der Waals surface area contributed by atoms with Crippen LogP contribution in [0.3, 0.4) is 0 Å². The lowest BCUT2D eigenvalue weighted by Gasteiger charge is -2.33. The summed E-state index contributed by atoms with van der Waals surface area (Å²) in [5.41, 5.74) is 1.78. The van der Waals surface area contributed by atoms with Crippen molar-refractivity contribution in [2.45, 2.75) is 46.5 Å². The van der Waals surface area contributed by atoms with Gasteiger partial charge in [0.1, 0.15) is 5.75 Å². The Kier molecular flexibility index (Phi) is 6.85. The number of methoxy groups -OCH3 is 1. The van der Waals surface area contributed by atoms with Gasteiger partial charge in [0.25, 0.3) is 0 Å². The van der Waals surface area contributed by atoms with E-state index in [1.54, 1.807) is 7.11 Å². The molecule has 25 heavy (non-hydrogen) atoms. The van der Waals surface area contributed by atoms with Gasteiger partial charge in [0.2, 0.25) is 11.8 Å². The molecule has 0 bridgehead atoms. The van der Waals surface area contributed by atoms with Gasteiger partial charge in [-0.05, 0) is 50.3 Å². The van der Waals surface area contributed by atoms with Gasteiger partial charge in [-0.2, -0.15) is 0 Å². The summed E-state index contributed by atoms with van der Waals surface area (Å²) < 4.78 is 5.32. The molecule has 1 fully saturated rings. The van der Waals surface area contributed by atoms with Gasteiger partial charge in [-0.15, -0.1) is 0 Å².